The number of aliphatic hydroxyl groups is 1. The van der Waals surface area contributed by atoms with Gasteiger partial charge in [0.05, 0.1) is 16.6 Å². The predicted octanol–water partition coefficient (Wildman–Crippen LogP) is 1.61. The molecule has 130 valence electrons. The van der Waals surface area contributed by atoms with Crippen LogP contribution in [-0.4, -0.2) is 64.1 Å². The summed E-state index contributed by atoms with van der Waals surface area (Å²) in [6, 6.07) is 2.91. The number of piperazine rings is 1. The topological polar surface area (TPSA) is 81.1 Å². The molecule has 8 heteroatoms. The number of phenols is 1. The maximum atomic E-state index is 12.2. The van der Waals surface area contributed by atoms with E-state index in [1.807, 2.05) is 0 Å². The molecule has 2 aliphatic heterocycles. The molecule has 0 aliphatic carbocycles. The first-order chi connectivity index (χ1) is 11.4. The summed E-state index contributed by atoms with van der Waals surface area (Å²) in [5.41, 5.74) is 0.599. The van der Waals surface area contributed by atoms with E-state index in [0.717, 1.165) is 0 Å². The average molecular weight is 373 g/mol. The molecule has 2 heterocycles. The van der Waals surface area contributed by atoms with Crippen molar-refractivity contribution in [2.24, 2.45) is 0 Å². The Morgan fingerprint density at radius 2 is 2.08 bits per heavy atom. The van der Waals surface area contributed by atoms with Gasteiger partial charge >= 0.3 is 0 Å². The van der Waals surface area contributed by atoms with E-state index in [2.05, 4.69) is 0 Å². The van der Waals surface area contributed by atoms with E-state index >= 15 is 0 Å². The molecule has 2 fully saturated rings. The predicted molar refractivity (Wildman–Crippen MR) is 89.3 cm³/mol. The van der Waals surface area contributed by atoms with Crippen LogP contribution in [0, 0.1) is 0 Å². The number of phenolic OH excluding ortho intramolecular Hbond substituents is 1. The summed E-state index contributed by atoms with van der Waals surface area (Å²) in [6.07, 6.45) is 1.25. The lowest BCUT2D eigenvalue weighted by atomic mass is 9.83. The van der Waals surface area contributed by atoms with Gasteiger partial charge < -0.3 is 20.0 Å². The second-order valence-corrected chi connectivity index (χ2v) is 6.97. The maximum absolute atomic E-state index is 12.2. The highest BCUT2D eigenvalue weighted by Gasteiger charge is 2.39. The van der Waals surface area contributed by atoms with Crippen LogP contribution in [0.1, 0.15) is 24.3 Å². The first-order valence-corrected chi connectivity index (χ1v) is 8.53. The van der Waals surface area contributed by atoms with Gasteiger partial charge in [-0.2, -0.15) is 0 Å². The molecule has 0 bridgehead atoms. The van der Waals surface area contributed by atoms with Crippen LogP contribution in [0.25, 0.3) is 0 Å². The Bertz CT molecular complexity index is 682. The number of aromatic hydroxyl groups is 1. The van der Waals surface area contributed by atoms with Crippen LogP contribution >= 0.6 is 23.2 Å². The van der Waals surface area contributed by atoms with Gasteiger partial charge in [-0.3, -0.25) is 9.59 Å². The third-order valence-electron chi connectivity index (χ3n) is 4.80. The van der Waals surface area contributed by atoms with E-state index in [1.54, 1.807) is 11.0 Å². The summed E-state index contributed by atoms with van der Waals surface area (Å²) in [7, 11) is 0. The Morgan fingerprint density at radius 1 is 1.33 bits per heavy atom. The summed E-state index contributed by atoms with van der Waals surface area (Å²) in [4.78, 5) is 27.1. The molecule has 1 aromatic carbocycles. The van der Waals surface area contributed by atoms with Crippen molar-refractivity contribution in [3.63, 3.8) is 0 Å². The molecule has 0 radical (unpaired) electrons. The van der Waals surface area contributed by atoms with Crippen molar-refractivity contribution in [1.29, 1.82) is 0 Å². The fourth-order valence-corrected chi connectivity index (χ4v) is 4.10. The van der Waals surface area contributed by atoms with E-state index in [1.165, 1.54) is 11.0 Å². The van der Waals surface area contributed by atoms with Crippen LogP contribution < -0.4 is 0 Å². The second-order valence-electron chi connectivity index (χ2n) is 6.19. The number of carbonyl (C=O) groups excluding carboxylic acids is 2. The van der Waals surface area contributed by atoms with Gasteiger partial charge in [-0.15, -0.1) is 0 Å². The number of benzene rings is 1. The van der Waals surface area contributed by atoms with Crippen LogP contribution in [0.2, 0.25) is 10.0 Å². The minimum atomic E-state index is -0.607. The Morgan fingerprint density at radius 3 is 2.79 bits per heavy atom. The van der Waals surface area contributed by atoms with Crippen LogP contribution in [0.4, 0.5) is 0 Å². The van der Waals surface area contributed by atoms with Crippen molar-refractivity contribution in [3.8, 4) is 5.75 Å². The van der Waals surface area contributed by atoms with E-state index in [-0.39, 0.29) is 30.2 Å². The van der Waals surface area contributed by atoms with E-state index in [4.69, 9.17) is 28.3 Å². The largest absolute Gasteiger partial charge is 0.508 e. The van der Waals surface area contributed by atoms with Gasteiger partial charge in [-0.25, -0.2) is 0 Å². The number of hydrogen-bond donors (Lipinski definition) is 2. The molecule has 24 heavy (non-hydrogen) atoms. The van der Waals surface area contributed by atoms with E-state index in [9.17, 15) is 14.7 Å². The lowest BCUT2D eigenvalue weighted by Gasteiger charge is -2.46. The molecular formula is C16H18Cl2N2O4. The Kier molecular flexibility index (Phi) is 4.90. The standard InChI is InChI=1S/C16H18Cl2N2O4/c17-11-1-2-12(22)15(16(11)18)9-3-4-20-10(5-9)6-19(7-13(20)23)14(24)8-21/h1-2,9-10,21-22H,3-8H2/t9-,10+/m0/s1. The third kappa shape index (κ3) is 3.06. The highest BCUT2D eigenvalue weighted by Crippen LogP contribution is 2.43. The zero-order chi connectivity index (χ0) is 17.4. The maximum Gasteiger partial charge on any atom is 0.248 e. The fraction of sp³-hybridized carbons (Fsp3) is 0.500. The Balaban J connectivity index is 1.83. The molecule has 2 N–H and O–H groups in total. The minimum Gasteiger partial charge on any atom is -0.508 e. The Labute approximate surface area is 149 Å². The molecule has 6 nitrogen and oxygen atoms in total. The number of rotatable bonds is 2. The van der Waals surface area contributed by atoms with Crippen molar-refractivity contribution < 1.29 is 19.8 Å². The van der Waals surface area contributed by atoms with Crippen molar-refractivity contribution in [3.05, 3.63) is 27.7 Å². The second kappa shape index (κ2) is 6.78. The number of carbonyl (C=O) groups is 2. The van der Waals surface area contributed by atoms with Crippen molar-refractivity contribution >= 4 is 35.0 Å². The molecule has 2 aliphatic rings. The quantitative estimate of drug-likeness (QED) is 0.826. The fourth-order valence-electron chi connectivity index (χ4n) is 3.62. The van der Waals surface area contributed by atoms with Gasteiger partial charge in [-0.05, 0) is 30.9 Å². The van der Waals surface area contributed by atoms with Crippen LogP contribution in [0.15, 0.2) is 12.1 Å². The van der Waals surface area contributed by atoms with Crippen molar-refractivity contribution in [1.82, 2.24) is 9.80 Å². The first kappa shape index (κ1) is 17.3. The lowest BCUT2D eigenvalue weighted by molar-refractivity contribution is -0.151. The van der Waals surface area contributed by atoms with Gasteiger partial charge in [0.15, 0.2) is 0 Å². The number of nitrogens with zero attached hydrogens (tertiary/aromatic N) is 2. The van der Waals surface area contributed by atoms with Gasteiger partial charge in [0, 0.05) is 24.7 Å². The number of piperidine rings is 1. The van der Waals surface area contributed by atoms with Gasteiger partial charge in [0.1, 0.15) is 12.4 Å². The number of fused-ring (bicyclic) bond motifs is 1. The molecule has 0 spiro atoms. The molecule has 0 aromatic heterocycles. The molecule has 1 aromatic rings. The molecule has 0 unspecified atom stereocenters. The van der Waals surface area contributed by atoms with Crippen LogP contribution in [0.5, 0.6) is 5.75 Å². The van der Waals surface area contributed by atoms with Gasteiger partial charge in [0.25, 0.3) is 0 Å². The minimum absolute atomic E-state index is 0.00370. The molecule has 2 amide bonds. The summed E-state index contributed by atoms with van der Waals surface area (Å²) >= 11 is 12.3. The number of halogens is 2. The molecule has 3 rings (SSSR count). The van der Waals surface area contributed by atoms with Crippen molar-refractivity contribution in [2.45, 2.75) is 24.8 Å². The number of hydrogen-bond acceptors (Lipinski definition) is 4. The monoisotopic (exact) mass is 372 g/mol. The van der Waals surface area contributed by atoms with Gasteiger partial charge in [-0.1, -0.05) is 23.2 Å². The van der Waals surface area contributed by atoms with Crippen LogP contribution in [0.3, 0.4) is 0 Å². The highest BCUT2D eigenvalue weighted by atomic mass is 35.5. The van der Waals surface area contributed by atoms with Crippen LogP contribution in [-0.2, 0) is 9.59 Å². The zero-order valence-electron chi connectivity index (χ0n) is 12.9. The van der Waals surface area contributed by atoms with E-state index in [0.29, 0.717) is 41.5 Å². The molecule has 2 saturated heterocycles. The lowest BCUT2D eigenvalue weighted by Crippen LogP contribution is -2.60. The molecule has 0 saturated carbocycles. The van der Waals surface area contributed by atoms with Crippen molar-refractivity contribution in [2.75, 3.05) is 26.2 Å². The molecular weight excluding hydrogens is 355 g/mol. The third-order valence-corrected chi connectivity index (χ3v) is 5.62. The normalized spacial score (nSPS) is 24.0. The summed E-state index contributed by atoms with van der Waals surface area (Å²) in [5, 5.41) is 19.9. The summed E-state index contributed by atoms with van der Waals surface area (Å²) in [5.74, 6) is -0.524. The van der Waals surface area contributed by atoms with Gasteiger partial charge in [0.2, 0.25) is 11.8 Å². The Hall–Kier alpha value is -1.50. The number of aliphatic hydroxyl groups excluding tert-OH is 1. The smallest absolute Gasteiger partial charge is 0.248 e. The summed E-state index contributed by atoms with van der Waals surface area (Å²) < 4.78 is 0. The highest BCUT2D eigenvalue weighted by molar-refractivity contribution is 6.42. The first-order valence-electron chi connectivity index (χ1n) is 7.77. The summed E-state index contributed by atoms with van der Waals surface area (Å²) in [6.45, 7) is 0.312. The molecule has 2 atom stereocenters. The number of amides is 2. The average Bonchev–Trinajstić information content (AvgIpc) is 2.57. The SMILES string of the molecule is O=C(CO)N1CC(=O)N2CC[C@H](c3c(O)ccc(Cl)c3Cl)C[C@@H]2C1. The van der Waals surface area contributed by atoms with E-state index < -0.39 is 12.5 Å². The zero-order valence-corrected chi connectivity index (χ0v) is 14.4.